The van der Waals surface area contributed by atoms with Crippen molar-refractivity contribution in [1.82, 2.24) is 19.5 Å². The van der Waals surface area contributed by atoms with Gasteiger partial charge in [0.2, 0.25) is 0 Å². The van der Waals surface area contributed by atoms with E-state index < -0.39 is 0 Å². The Morgan fingerprint density at radius 2 is 1.05 bits per heavy atom. The number of aromatic hydroxyl groups is 2. The van der Waals surface area contributed by atoms with Crippen LogP contribution in [0.25, 0.3) is 45.1 Å². The fourth-order valence-electron chi connectivity index (χ4n) is 7.91. The molecule has 3 unspecified atom stereocenters. The smallest absolute Gasteiger partial charge is 0.167 e. The zero-order chi connectivity index (χ0) is 42.5. The molecular formula is C50H70N4O5. The lowest BCUT2D eigenvalue weighted by atomic mass is 9.99. The van der Waals surface area contributed by atoms with Gasteiger partial charge < -0.3 is 29.0 Å². The molecule has 320 valence electrons. The van der Waals surface area contributed by atoms with Crippen molar-refractivity contribution in [3.05, 3.63) is 59.8 Å². The van der Waals surface area contributed by atoms with Crippen LogP contribution in [0.2, 0.25) is 0 Å². The van der Waals surface area contributed by atoms with Crippen LogP contribution < -0.4 is 14.2 Å². The van der Waals surface area contributed by atoms with E-state index in [2.05, 4.69) is 58.4 Å². The van der Waals surface area contributed by atoms with Gasteiger partial charge in [-0.05, 0) is 93.3 Å². The zero-order valence-electron chi connectivity index (χ0n) is 37.4. The minimum atomic E-state index is 0.0516. The summed E-state index contributed by atoms with van der Waals surface area (Å²) in [4.78, 5) is 15.1. The average Bonchev–Trinajstić information content (AvgIpc) is 3.62. The quantitative estimate of drug-likeness (QED) is 0.0634. The number of methoxy groups -OCH3 is 1. The lowest BCUT2D eigenvalue weighted by Gasteiger charge is -2.19. The number of fused-ring (bicyclic) bond motifs is 1. The first-order valence-corrected chi connectivity index (χ1v) is 22.4. The molecule has 0 aliphatic rings. The van der Waals surface area contributed by atoms with Crippen molar-refractivity contribution in [2.45, 2.75) is 139 Å². The molecule has 59 heavy (non-hydrogen) atoms. The molecule has 0 saturated carbocycles. The first kappa shape index (κ1) is 45.3. The molecule has 5 aromatic rings. The highest BCUT2D eigenvalue weighted by Crippen LogP contribution is 2.41. The number of ether oxygens (including phenoxy) is 3. The molecule has 3 atom stereocenters. The van der Waals surface area contributed by atoms with Crippen molar-refractivity contribution in [2.24, 2.45) is 17.8 Å². The summed E-state index contributed by atoms with van der Waals surface area (Å²) >= 11 is 0. The molecule has 3 aromatic carbocycles. The third kappa shape index (κ3) is 11.1. The maximum absolute atomic E-state index is 11.8. The van der Waals surface area contributed by atoms with Gasteiger partial charge in [0, 0.05) is 40.3 Å². The molecular weight excluding hydrogens is 737 g/mol. The molecule has 2 heterocycles. The number of aromatic nitrogens is 4. The van der Waals surface area contributed by atoms with Crippen LogP contribution in [0.4, 0.5) is 0 Å². The predicted octanol–water partition coefficient (Wildman–Crippen LogP) is 13.3. The van der Waals surface area contributed by atoms with E-state index >= 15 is 0 Å². The van der Waals surface area contributed by atoms with Gasteiger partial charge in [-0.3, -0.25) is 0 Å². The highest BCUT2D eigenvalue weighted by Gasteiger charge is 2.24. The molecule has 2 aromatic heterocycles. The number of rotatable bonds is 24. The van der Waals surface area contributed by atoms with Crippen molar-refractivity contribution in [2.75, 3.05) is 20.3 Å². The molecule has 0 aliphatic heterocycles. The van der Waals surface area contributed by atoms with Crippen LogP contribution in [0.5, 0.6) is 28.7 Å². The Kier molecular flexibility index (Phi) is 16.9. The highest BCUT2D eigenvalue weighted by atomic mass is 16.5. The molecule has 0 aliphatic carbocycles. The second kappa shape index (κ2) is 22.0. The van der Waals surface area contributed by atoms with Crippen molar-refractivity contribution in [3.63, 3.8) is 0 Å². The maximum Gasteiger partial charge on any atom is 0.167 e. The third-order valence-corrected chi connectivity index (χ3v) is 12.2. The number of hydrogen-bond donors (Lipinski definition) is 2. The van der Waals surface area contributed by atoms with E-state index in [1.54, 1.807) is 7.11 Å². The second-order valence-electron chi connectivity index (χ2n) is 16.4. The molecule has 0 radical (unpaired) electrons. The molecule has 0 bridgehead atoms. The second-order valence-corrected chi connectivity index (χ2v) is 16.4. The van der Waals surface area contributed by atoms with Gasteiger partial charge >= 0.3 is 0 Å². The van der Waals surface area contributed by atoms with Crippen LogP contribution in [0, 0.1) is 31.6 Å². The average molecular weight is 807 g/mol. The predicted molar refractivity (Wildman–Crippen MR) is 242 cm³/mol. The Balaban J connectivity index is 1.64. The van der Waals surface area contributed by atoms with Crippen LogP contribution in [0.15, 0.2) is 48.7 Å². The van der Waals surface area contributed by atoms with Crippen LogP contribution in [-0.2, 0) is 6.54 Å². The molecule has 9 nitrogen and oxygen atoms in total. The largest absolute Gasteiger partial charge is 0.507 e. The number of benzene rings is 3. The van der Waals surface area contributed by atoms with Crippen LogP contribution in [-0.4, -0.2) is 50.1 Å². The topological polar surface area (TPSA) is 112 Å². The van der Waals surface area contributed by atoms with Crippen molar-refractivity contribution < 1.29 is 24.4 Å². The fourth-order valence-corrected chi connectivity index (χ4v) is 7.91. The van der Waals surface area contributed by atoms with Crippen molar-refractivity contribution >= 4 is 10.9 Å². The lowest BCUT2D eigenvalue weighted by molar-refractivity contribution is 0.231. The molecule has 0 spiro atoms. The maximum atomic E-state index is 11.8. The first-order chi connectivity index (χ1) is 28.6. The number of hydrogen-bond acceptors (Lipinski definition) is 8. The van der Waals surface area contributed by atoms with E-state index in [0.29, 0.717) is 82.2 Å². The fraction of sp³-hybridized carbons (Fsp3) is 0.540. The van der Waals surface area contributed by atoms with Gasteiger partial charge in [0.25, 0.3) is 0 Å². The van der Waals surface area contributed by atoms with Crippen molar-refractivity contribution in [3.8, 4) is 62.9 Å². The summed E-state index contributed by atoms with van der Waals surface area (Å²) in [6, 6.07) is 13.6. The van der Waals surface area contributed by atoms with Crippen LogP contribution >= 0.6 is 0 Å². The summed E-state index contributed by atoms with van der Waals surface area (Å²) in [6.45, 7) is 19.1. The minimum absolute atomic E-state index is 0.0516. The lowest BCUT2D eigenvalue weighted by Crippen LogP contribution is -2.12. The van der Waals surface area contributed by atoms with Gasteiger partial charge in [-0.2, -0.15) is 0 Å². The van der Waals surface area contributed by atoms with Gasteiger partial charge in [0.05, 0.1) is 31.5 Å². The van der Waals surface area contributed by atoms with E-state index in [0.717, 1.165) is 86.5 Å². The Hall–Kier alpha value is -4.79. The zero-order valence-corrected chi connectivity index (χ0v) is 37.4. The monoisotopic (exact) mass is 807 g/mol. The van der Waals surface area contributed by atoms with E-state index in [4.69, 9.17) is 29.2 Å². The van der Waals surface area contributed by atoms with Crippen molar-refractivity contribution in [1.29, 1.82) is 0 Å². The summed E-state index contributed by atoms with van der Waals surface area (Å²) in [7, 11) is 1.67. The summed E-state index contributed by atoms with van der Waals surface area (Å²) in [5.74, 6) is 4.56. The molecule has 5 rings (SSSR count). The van der Waals surface area contributed by atoms with E-state index in [-0.39, 0.29) is 11.5 Å². The standard InChI is InChI=1S/C50H70N4O5/c1-10-16-19-35(13-4)29-54-30-42(41-28-38(57-9)22-25-43(41)54)50-52-48(39-23-26-44(33(7)46(39)55)58-31-36(14-5)20-17-11-2)51-49(53-50)40-24-27-45(34(8)47(40)56)59-32-37(15-6)21-18-12-3/h22-28,30,35-37,55-56H,10-21,29,31-32H2,1-9H3. The number of unbranched alkanes of at least 4 members (excludes halogenated alkanes) is 3. The first-order valence-electron chi connectivity index (χ1n) is 22.4. The number of phenolic OH excluding ortho intramolecular Hbond substituents is 2. The summed E-state index contributed by atoms with van der Waals surface area (Å²) < 4.78 is 20.6. The van der Waals surface area contributed by atoms with Gasteiger partial charge in [-0.15, -0.1) is 0 Å². The molecule has 0 saturated heterocycles. The highest BCUT2D eigenvalue weighted by molar-refractivity contribution is 5.96. The molecule has 9 heteroatoms. The summed E-state index contributed by atoms with van der Waals surface area (Å²) in [6.07, 6.45) is 15.7. The third-order valence-electron chi connectivity index (χ3n) is 12.2. The number of phenols is 2. The van der Waals surface area contributed by atoms with E-state index in [1.807, 2.05) is 50.2 Å². The summed E-state index contributed by atoms with van der Waals surface area (Å²) in [5, 5.41) is 24.6. The van der Waals surface area contributed by atoms with E-state index in [1.165, 1.54) is 19.3 Å². The van der Waals surface area contributed by atoms with Crippen LogP contribution in [0.3, 0.4) is 0 Å². The van der Waals surface area contributed by atoms with Gasteiger partial charge in [-0.1, -0.05) is 99.3 Å². The Morgan fingerprint density at radius 3 is 1.49 bits per heavy atom. The Morgan fingerprint density at radius 1 is 0.593 bits per heavy atom. The Bertz CT molecular complexity index is 2020. The minimum Gasteiger partial charge on any atom is -0.507 e. The van der Waals surface area contributed by atoms with E-state index in [9.17, 15) is 10.2 Å². The van der Waals surface area contributed by atoms with Gasteiger partial charge in [0.1, 0.15) is 28.7 Å². The molecule has 0 fully saturated rings. The number of nitrogens with zero attached hydrogens (tertiary/aromatic N) is 4. The molecule has 0 amide bonds. The normalized spacial score (nSPS) is 13.1. The van der Waals surface area contributed by atoms with Gasteiger partial charge in [-0.25, -0.2) is 15.0 Å². The van der Waals surface area contributed by atoms with Gasteiger partial charge in [0.15, 0.2) is 17.5 Å². The summed E-state index contributed by atoms with van der Waals surface area (Å²) in [5.41, 5.74) is 4.04. The SMILES string of the molecule is CCCCC(CC)COc1ccc(-c2nc(-c3ccc(OCC(CC)CCCC)c(C)c3O)nc(-c3cn(CC(CC)CCCC)c4ccc(OC)cc34)n2)c(O)c1C. The van der Waals surface area contributed by atoms with Crippen LogP contribution in [0.1, 0.15) is 130 Å². The Labute approximate surface area is 353 Å². The molecule has 2 N–H and O–H groups in total.